The summed E-state index contributed by atoms with van der Waals surface area (Å²) in [7, 11) is 0. The molecule has 1 aromatic carbocycles. The van der Waals surface area contributed by atoms with Gasteiger partial charge in [0.1, 0.15) is 5.82 Å². The topological polar surface area (TPSA) is 43.8 Å². The van der Waals surface area contributed by atoms with Crippen LogP contribution in [0.15, 0.2) is 24.3 Å². The molecule has 3 nitrogen and oxygen atoms in total. The maximum Gasteiger partial charge on any atom is 0.201 e. The van der Waals surface area contributed by atoms with Gasteiger partial charge >= 0.3 is 0 Å². The van der Waals surface area contributed by atoms with Crippen molar-refractivity contribution in [3.05, 3.63) is 44.3 Å². The summed E-state index contributed by atoms with van der Waals surface area (Å²) in [6, 6.07) is 6.54. The van der Waals surface area contributed by atoms with Gasteiger partial charge in [-0.1, -0.05) is 23.2 Å². The number of thiophene rings is 1. The van der Waals surface area contributed by atoms with Gasteiger partial charge in [-0.25, -0.2) is 9.37 Å². The van der Waals surface area contributed by atoms with Crippen molar-refractivity contribution in [2.75, 3.05) is 5.73 Å². The van der Waals surface area contributed by atoms with Crippen molar-refractivity contribution < 1.29 is 4.39 Å². The number of benzene rings is 1. The van der Waals surface area contributed by atoms with E-state index in [-0.39, 0.29) is 5.02 Å². The van der Waals surface area contributed by atoms with Crippen LogP contribution in [0.5, 0.6) is 0 Å². The highest BCUT2D eigenvalue weighted by Crippen LogP contribution is 2.28. The van der Waals surface area contributed by atoms with Crippen LogP contribution in [0.3, 0.4) is 0 Å². The highest BCUT2D eigenvalue weighted by Gasteiger charge is 2.12. The number of halogens is 3. The van der Waals surface area contributed by atoms with Crippen LogP contribution < -0.4 is 5.73 Å². The number of nitrogens with zero attached hydrogens (tertiary/aromatic N) is 2. The number of fused-ring (bicyclic) bond motifs is 1. The van der Waals surface area contributed by atoms with Gasteiger partial charge in [-0.2, -0.15) is 0 Å². The van der Waals surface area contributed by atoms with Crippen molar-refractivity contribution in [1.29, 1.82) is 0 Å². The van der Waals surface area contributed by atoms with Crippen LogP contribution in [0.4, 0.5) is 10.3 Å². The van der Waals surface area contributed by atoms with Gasteiger partial charge in [0.15, 0.2) is 0 Å². The highest BCUT2D eigenvalue weighted by molar-refractivity contribution is 7.16. The molecule has 0 saturated heterocycles. The molecule has 2 aromatic heterocycles. The molecule has 0 radical (unpaired) electrons. The SMILES string of the molecule is Nc1nc2cc(Cl)c(F)cc2n1Cc1ccc(Cl)s1. The summed E-state index contributed by atoms with van der Waals surface area (Å²) in [5, 5.41) is 0.0383. The second kappa shape index (κ2) is 4.67. The lowest BCUT2D eigenvalue weighted by molar-refractivity contribution is 0.629. The minimum Gasteiger partial charge on any atom is -0.369 e. The molecule has 0 spiro atoms. The van der Waals surface area contributed by atoms with E-state index in [0.717, 1.165) is 4.88 Å². The van der Waals surface area contributed by atoms with Gasteiger partial charge in [-0.3, -0.25) is 0 Å². The molecule has 7 heteroatoms. The molecule has 0 amide bonds. The average molecular weight is 316 g/mol. The van der Waals surface area contributed by atoms with Crippen LogP contribution in [0.25, 0.3) is 11.0 Å². The van der Waals surface area contributed by atoms with E-state index in [4.69, 9.17) is 28.9 Å². The van der Waals surface area contributed by atoms with Gasteiger partial charge < -0.3 is 10.3 Å². The predicted octanol–water partition coefficient (Wildman–Crippen LogP) is 4.17. The third-order valence-electron chi connectivity index (χ3n) is 2.76. The second-order valence-electron chi connectivity index (χ2n) is 4.02. The van der Waals surface area contributed by atoms with Crippen molar-refractivity contribution in [3.63, 3.8) is 0 Å². The first kappa shape index (κ1) is 12.7. The number of aromatic nitrogens is 2. The molecule has 0 unspecified atom stereocenters. The predicted molar refractivity (Wildman–Crippen MR) is 77.5 cm³/mol. The molecule has 3 rings (SSSR count). The summed E-state index contributed by atoms with van der Waals surface area (Å²) < 4.78 is 16.0. The van der Waals surface area contributed by atoms with E-state index in [2.05, 4.69) is 4.98 Å². The molecule has 0 saturated carbocycles. The van der Waals surface area contributed by atoms with Crippen LogP contribution in [0, 0.1) is 5.82 Å². The molecule has 0 fully saturated rings. The van der Waals surface area contributed by atoms with Crippen molar-refractivity contribution in [1.82, 2.24) is 9.55 Å². The maximum absolute atomic E-state index is 13.5. The molecule has 2 N–H and O–H groups in total. The third-order valence-corrected chi connectivity index (χ3v) is 4.27. The van der Waals surface area contributed by atoms with Crippen LogP contribution in [-0.2, 0) is 6.54 Å². The summed E-state index contributed by atoms with van der Waals surface area (Å²) >= 11 is 13.1. The Balaban J connectivity index is 2.12. The smallest absolute Gasteiger partial charge is 0.201 e. The highest BCUT2D eigenvalue weighted by atomic mass is 35.5. The zero-order valence-electron chi connectivity index (χ0n) is 9.53. The molecule has 0 aliphatic carbocycles. The molecule has 98 valence electrons. The van der Waals surface area contributed by atoms with E-state index in [1.54, 1.807) is 4.57 Å². The van der Waals surface area contributed by atoms with E-state index in [1.807, 2.05) is 12.1 Å². The Morgan fingerprint density at radius 3 is 2.79 bits per heavy atom. The Hall–Kier alpha value is -1.30. The fourth-order valence-corrected chi connectivity index (χ4v) is 3.13. The van der Waals surface area contributed by atoms with Crippen LogP contribution in [0.1, 0.15) is 4.88 Å². The zero-order valence-corrected chi connectivity index (χ0v) is 11.9. The van der Waals surface area contributed by atoms with Gasteiger partial charge in [-0.05, 0) is 18.2 Å². The van der Waals surface area contributed by atoms with Crippen LogP contribution >= 0.6 is 34.5 Å². The average Bonchev–Trinajstić information content (AvgIpc) is 2.87. The Labute approximate surface area is 122 Å². The summed E-state index contributed by atoms with van der Waals surface area (Å²) in [6.07, 6.45) is 0. The summed E-state index contributed by atoms with van der Waals surface area (Å²) in [5.74, 6) is -0.166. The molecular formula is C12H8Cl2FN3S. The quantitative estimate of drug-likeness (QED) is 0.771. The second-order valence-corrected chi connectivity index (χ2v) is 6.22. The van der Waals surface area contributed by atoms with Crippen LogP contribution in [-0.4, -0.2) is 9.55 Å². The first-order valence-corrected chi connectivity index (χ1v) is 6.97. The van der Waals surface area contributed by atoms with Crippen molar-refractivity contribution in [2.45, 2.75) is 6.54 Å². The minimum absolute atomic E-state index is 0.0383. The van der Waals surface area contributed by atoms with Crippen LogP contribution in [0.2, 0.25) is 9.36 Å². The normalized spacial score (nSPS) is 11.3. The Morgan fingerprint density at radius 2 is 2.11 bits per heavy atom. The first-order chi connectivity index (χ1) is 9.04. The Bertz CT molecular complexity index is 766. The van der Waals surface area contributed by atoms with E-state index in [0.29, 0.717) is 27.9 Å². The fourth-order valence-electron chi connectivity index (χ4n) is 1.90. The monoisotopic (exact) mass is 315 g/mol. The Kier molecular flexibility index (Phi) is 3.12. The molecule has 0 aliphatic rings. The first-order valence-electron chi connectivity index (χ1n) is 5.39. The number of nitrogen functional groups attached to an aromatic ring is 1. The van der Waals surface area contributed by atoms with E-state index < -0.39 is 5.82 Å². The molecular weight excluding hydrogens is 308 g/mol. The molecule has 3 aromatic rings. The van der Waals surface area contributed by atoms with Gasteiger partial charge in [0, 0.05) is 10.9 Å². The van der Waals surface area contributed by atoms with Gasteiger partial charge in [0.2, 0.25) is 5.95 Å². The summed E-state index contributed by atoms with van der Waals surface area (Å²) in [5.41, 5.74) is 7.06. The Morgan fingerprint density at radius 1 is 1.32 bits per heavy atom. The zero-order chi connectivity index (χ0) is 13.6. The summed E-state index contributed by atoms with van der Waals surface area (Å²) in [4.78, 5) is 5.20. The van der Waals surface area contributed by atoms with Gasteiger partial charge in [0.25, 0.3) is 0 Å². The van der Waals surface area contributed by atoms with E-state index in [9.17, 15) is 4.39 Å². The molecule has 2 heterocycles. The molecule has 0 bridgehead atoms. The largest absolute Gasteiger partial charge is 0.369 e. The lowest BCUT2D eigenvalue weighted by Crippen LogP contribution is -2.03. The number of anilines is 1. The fraction of sp³-hybridized carbons (Fsp3) is 0.0833. The van der Waals surface area contributed by atoms with E-state index in [1.165, 1.54) is 23.5 Å². The maximum atomic E-state index is 13.5. The number of nitrogens with two attached hydrogens (primary N) is 1. The van der Waals surface area contributed by atoms with Crippen molar-refractivity contribution in [3.8, 4) is 0 Å². The number of rotatable bonds is 2. The summed E-state index contributed by atoms with van der Waals surface area (Å²) in [6.45, 7) is 0.501. The van der Waals surface area contributed by atoms with Gasteiger partial charge in [-0.15, -0.1) is 11.3 Å². The lowest BCUT2D eigenvalue weighted by atomic mass is 10.3. The van der Waals surface area contributed by atoms with Crippen molar-refractivity contribution >= 4 is 51.5 Å². The third kappa shape index (κ3) is 2.29. The van der Waals surface area contributed by atoms with Crippen molar-refractivity contribution in [2.24, 2.45) is 0 Å². The molecule has 19 heavy (non-hydrogen) atoms. The van der Waals surface area contributed by atoms with E-state index >= 15 is 0 Å². The molecule has 0 aliphatic heterocycles. The molecule has 0 atom stereocenters. The number of imidazole rings is 1. The van der Waals surface area contributed by atoms with Gasteiger partial charge in [0.05, 0.1) is 26.9 Å². The standard InChI is InChI=1S/C12H8Cl2FN3S/c13-7-3-9-10(4-8(7)15)18(12(16)17-9)5-6-1-2-11(14)19-6/h1-4H,5H2,(H2,16,17). The minimum atomic E-state index is -0.487. The lowest BCUT2D eigenvalue weighted by Gasteiger charge is -2.04. The number of hydrogen-bond acceptors (Lipinski definition) is 3. The number of hydrogen-bond donors (Lipinski definition) is 1.